The largest absolute Gasteiger partial charge is 0.504 e. The molecule has 0 spiro atoms. The van der Waals surface area contributed by atoms with Crippen LogP contribution in [0, 0.1) is 23.7 Å². The van der Waals surface area contributed by atoms with E-state index in [9.17, 15) is 19.5 Å². The van der Waals surface area contributed by atoms with E-state index >= 15 is 4.79 Å². The van der Waals surface area contributed by atoms with Crippen molar-refractivity contribution >= 4 is 52.5 Å². The first kappa shape index (κ1) is 34.5. The number of fused-ring (bicyclic) bond motifs is 4. The van der Waals surface area contributed by atoms with Crippen LogP contribution in [0.4, 0.5) is 5.69 Å². The molecule has 0 radical (unpaired) electrons. The van der Waals surface area contributed by atoms with Crippen molar-refractivity contribution in [1.29, 1.82) is 0 Å². The highest BCUT2D eigenvalue weighted by Crippen LogP contribution is 2.64. The Hall–Kier alpha value is -4.54. The van der Waals surface area contributed by atoms with Gasteiger partial charge >= 0.3 is 0 Å². The number of hydrazine groups is 1. The molecule has 12 heteroatoms. The molecular formula is C40H39Cl2N3O7. The van der Waals surface area contributed by atoms with E-state index in [0.29, 0.717) is 34.0 Å². The predicted octanol–water partition coefficient (Wildman–Crippen LogP) is 7.03. The van der Waals surface area contributed by atoms with Crippen LogP contribution in [0.5, 0.6) is 17.2 Å². The molecule has 2 saturated carbocycles. The number of allylic oxidation sites excluding steroid dienone is 2. The first-order chi connectivity index (χ1) is 25.1. The second kappa shape index (κ2) is 13.1. The molecule has 4 fully saturated rings. The molecule has 4 amide bonds. The smallest absolute Gasteiger partial charge is 0.260 e. The van der Waals surface area contributed by atoms with Gasteiger partial charge in [0.15, 0.2) is 11.5 Å². The second-order valence-electron chi connectivity index (χ2n) is 14.5. The quantitative estimate of drug-likeness (QED) is 0.195. The lowest BCUT2D eigenvalue weighted by molar-refractivity contribution is -0.144. The molecule has 0 aromatic heterocycles. The zero-order chi connectivity index (χ0) is 36.5. The molecule has 10 nitrogen and oxygen atoms in total. The van der Waals surface area contributed by atoms with E-state index < -0.39 is 46.8 Å². The van der Waals surface area contributed by atoms with Gasteiger partial charge in [0.25, 0.3) is 11.8 Å². The van der Waals surface area contributed by atoms with Gasteiger partial charge in [-0.1, -0.05) is 72.3 Å². The topological polar surface area (TPSA) is 125 Å². The number of hydrogen-bond donors (Lipinski definition) is 2. The van der Waals surface area contributed by atoms with E-state index in [1.807, 2.05) is 18.2 Å². The fourth-order valence-electron chi connectivity index (χ4n) is 9.82. The number of aromatic hydroxyl groups is 1. The summed E-state index contributed by atoms with van der Waals surface area (Å²) in [6.07, 6.45) is 7.14. The average Bonchev–Trinajstić information content (AvgIpc) is 3.54. The lowest BCUT2D eigenvalue weighted by Gasteiger charge is -2.50. The molecule has 2 N–H and O–H groups in total. The Morgan fingerprint density at radius 2 is 1.60 bits per heavy atom. The molecule has 270 valence electrons. The third-order valence-electron chi connectivity index (χ3n) is 12.1. The molecule has 3 aromatic carbocycles. The number of benzene rings is 3. The van der Waals surface area contributed by atoms with Crippen molar-refractivity contribution < 1.29 is 33.8 Å². The standard InChI is InChI=1S/C40H39Cl2N3O7/c1-51-25-12-9-22(10-13-25)40-29(37(48)45(39(40)50)43-31-16-11-23(41)19-30(31)42)20-28-26(35(40)21-8-17-32(46)33(18-21)52-2)14-15-27-34(28)38(49)44(36(27)47)24-6-4-3-5-7-24/h8-14,16-19,24,27-29,34-35,43,46H,3-7,15,20H2,1-2H3/t27-,28+,29-,34-,35-,40+/m0/s1. The summed E-state index contributed by atoms with van der Waals surface area (Å²) in [6, 6.07) is 16.7. The van der Waals surface area contributed by atoms with E-state index in [0.717, 1.165) is 42.7 Å². The fraction of sp³-hybridized carbons (Fsp3) is 0.400. The molecule has 8 rings (SSSR count). The number of anilines is 1. The monoisotopic (exact) mass is 743 g/mol. The second-order valence-corrected chi connectivity index (χ2v) is 15.3. The number of phenolic OH excluding ortho intramolecular Hbond substituents is 1. The van der Waals surface area contributed by atoms with Crippen molar-refractivity contribution in [1.82, 2.24) is 9.91 Å². The fourth-order valence-corrected chi connectivity index (χ4v) is 10.3. The van der Waals surface area contributed by atoms with Crippen molar-refractivity contribution in [3.8, 4) is 17.2 Å². The number of phenols is 1. The summed E-state index contributed by atoms with van der Waals surface area (Å²) in [4.78, 5) is 60.4. The molecule has 6 atom stereocenters. The number of amides is 4. The van der Waals surface area contributed by atoms with E-state index in [-0.39, 0.29) is 40.8 Å². The van der Waals surface area contributed by atoms with Gasteiger partial charge < -0.3 is 14.6 Å². The van der Waals surface area contributed by atoms with Gasteiger partial charge in [-0.15, -0.1) is 0 Å². The summed E-state index contributed by atoms with van der Waals surface area (Å²) in [6.45, 7) is 0. The van der Waals surface area contributed by atoms with Gasteiger partial charge in [-0.05, 0) is 85.2 Å². The Labute approximate surface area is 311 Å². The SMILES string of the molecule is COc1ccc([C@@]23C(=O)N(Nc4ccc(Cl)cc4Cl)C(=O)[C@@H]2C[C@@H]2C(=CC[C@@H]4C(=O)N(C5CCCCC5)C(=O)[C@@H]42)[C@@H]3c2ccc(O)c(OC)c2)cc1. The molecule has 2 aliphatic heterocycles. The number of hydrogen-bond acceptors (Lipinski definition) is 8. The highest BCUT2D eigenvalue weighted by molar-refractivity contribution is 6.36. The van der Waals surface area contributed by atoms with E-state index in [2.05, 4.69) is 5.43 Å². The Balaban J connectivity index is 1.33. The first-order valence-corrected chi connectivity index (χ1v) is 18.5. The maximum absolute atomic E-state index is 15.4. The van der Waals surface area contributed by atoms with Crippen molar-refractivity contribution in [2.75, 3.05) is 19.6 Å². The maximum atomic E-state index is 15.4. The zero-order valence-corrected chi connectivity index (χ0v) is 30.3. The lowest BCUT2D eigenvalue weighted by Crippen LogP contribution is -2.53. The molecule has 0 bridgehead atoms. The number of halogens is 2. The molecule has 5 aliphatic rings. The molecular weight excluding hydrogens is 705 g/mol. The van der Waals surface area contributed by atoms with Crippen molar-refractivity contribution in [3.05, 3.63) is 93.5 Å². The highest BCUT2D eigenvalue weighted by atomic mass is 35.5. The number of likely N-dealkylation sites (tertiary alicyclic amines) is 1. The lowest BCUT2D eigenvalue weighted by atomic mass is 9.49. The molecule has 0 unspecified atom stereocenters. The summed E-state index contributed by atoms with van der Waals surface area (Å²) < 4.78 is 11.0. The Morgan fingerprint density at radius 1 is 0.846 bits per heavy atom. The van der Waals surface area contributed by atoms with Crippen molar-refractivity contribution in [2.45, 2.75) is 62.3 Å². The van der Waals surface area contributed by atoms with Crippen LogP contribution in [0.15, 0.2) is 72.3 Å². The number of carbonyl (C=O) groups excluding carboxylic acids is 4. The third kappa shape index (κ3) is 5.12. The van der Waals surface area contributed by atoms with Gasteiger partial charge in [-0.2, -0.15) is 5.01 Å². The van der Waals surface area contributed by atoms with E-state index in [1.54, 1.807) is 43.5 Å². The molecule has 2 heterocycles. The van der Waals surface area contributed by atoms with Crippen molar-refractivity contribution in [2.24, 2.45) is 23.7 Å². The van der Waals surface area contributed by atoms with E-state index in [4.69, 9.17) is 32.7 Å². The molecule has 3 aliphatic carbocycles. The average molecular weight is 745 g/mol. The van der Waals surface area contributed by atoms with E-state index in [1.165, 1.54) is 24.1 Å². The highest BCUT2D eigenvalue weighted by Gasteiger charge is 2.70. The molecule has 52 heavy (non-hydrogen) atoms. The van der Waals surface area contributed by atoms with Crippen LogP contribution in [0.1, 0.15) is 62.0 Å². The number of nitrogens with one attached hydrogen (secondary N) is 1. The Bertz CT molecular complexity index is 2010. The maximum Gasteiger partial charge on any atom is 0.260 e. The van der Waals surface area contributed by atoms with Crippen LogP contribution in [0.2, 0.25) is 10.0 Å². The summed E-state index contributed by atoms with van der Waals surface area (Å²) in [5, 5.41) is 12.3. The minimum atomic E-state index is -1.51. The number of carbonyl (C=O) groups is 4. The summed E-state index contributed by atoms with van der Waals surface area (Å²) in [7, 11) is 3.00. The Kier molecular flexibility index (Phi) is 8.73. The predicted molar refractivity (Wildman–Crippen MR) is 194 cm³/mol. The van der Waals surface area contributed by atoms with Crippen LogP contribution in [0.3, 0.4) is 0 Å². The number of ether oxygens (including phenoxy) is 2. The van der Waals surface area contributed by atoms with Crippen LogP contribution in [-0.4, -0.2) is 58.9 Å². The van der Waals surface area contributed by atoms with Crippen LogP contribution >= 0.6 is 23.2 Å². The number of nitrogens with zero attached hydrogens (tertiary/aromatic N) is 2. The van der Waals surface area contributed by atoms with Gasteiger partial charge in [0.1, 0.15) is 5.75 Å². The zero-order valence-electron chi connectivity index (χ0n) is 28.8. The van der Waals surface area contributed by atoms with Crippen molar-refractivity contribution in [3.63, 3.8) is 0 Å². The molecule has 3 aromatic rings. The van der Waals surface area contributed by atoms with Crippen LogP contribution in [0.25, 0.3) is 0 Å². The van der Waals surface area contributed by atoms with Gasteiger partial charge in [0.05, 0.1) is 48.1 Å². The van der Waals surface area contributed by atoms with Gasteiger partial charge in [-0.25, -0.2) is 0 Å². The molecule has 2 saturated heterocycles. The number of rotatable bonds is 7. The summed E-state index contributed by atoms with van der Waals surface area (Å²) in [5.41, 5.74) is 3.84. The van der Waals surface area contributed by atoms with Gasteiger partial charge in [0, 0.05) is 17.0 Å². The first-order valence-electron chi connectivity index (χ1n) is 17.8. The number of methoxy groups -OCH3 is 2. The van der Waals surface area contributed by atoms with Crippen LogP contribution < -0.4 is 14.9 Å². The summed E-state index contributed by atoms with van der Waals surface area (Å²) >= 11 is 12.7. The van der Waals surface area contributed by atoms with Gasteiger partial charge in [-0.3, -0.25) is 29.5 Å². The minimum absolute atomic E-state index is 0.0828. The van der Waals surface area contributed by atoms with Crippen LogP contribution in [-0.2, 0) is 24.6 Å². The Morgan fingerprint density at radius 3 is 2.29 bits per heavy atom. The normalized spacial score (nSPS) is 28.7. The third-order valence-corrected chi connectivity index (χ3v) is 12.6. The minimum Gasteiger partial charge on any atom is -0.504 e. The summed E-state index contributed by atoms with van der Waals surface area (Å²) in [5.74, 6) is -4.06. The van der Waals surface area contributed by atoms with Gasteiger partial charge in [0.2, 0.25) is 11.8 Å². The number of imide groups is 2.